The van der Waals surface area contributed by atoms with Crippen molar-refractivity contribution in [3.63, 3.8) is 0 Å². The number of H-pyrrole nitrogens is 1. The second-order valence-corrected chi connectivity index (χ2v) is 7.51. The second-order valence-electron chi connectivity index (χ2n) is 7.51. The number of para-hydroxylation sites is 1. The Morgan fingerprint density at radius 1 is 1.10 bits per heavy atom. The van der Waals surface area contributed by atoms with E-state index in [1.807, 2.05) is 7.05 Å². The van der Waals surface area contributed by atoms with Crippen molar-refractivity contribution in [2.75, 3.05) is 20.1 Å². The molecule has 0 radical (unpaired) electrons. The molecule has 1 fully saturated rings. The summed E-state index contributed by atoms with van der Waals surface area (Å²) < 4.78 is 77.0. The lowest BCUT2D eigenvalue weighted by molar-refractivity contribution is -0.274. The zero-order valence-corrected chi connectivity index (χ0v) is 16.5. The Labute approximate surface area is 174 Å². The number of alkyl halides is 3. The maximum absolute atomic E-state index is 14.7. The molecule has 1 unspecified atom stereocenters. The first-order valence-electron chi connectivity index (χ1n) is 9.73. The Hall–Kier alpha value is -2.72. The summed E-state index contributed by atoms with van der Waals surface area (Å²) in [4.78, 5) is 9.23. The Morgan fingerprint density at radius 2 is 1.84 bits per heavy atom. The molecule has 2 aromatic carbocycles. The summed E-state index contributed by atoms with van der Waals surface area (Å²) in [6.45, 7) is 1.51. The van der Waals surface area contributed by atoms with E-state index in [0.29, 0.717) is 18.4 Å². The van der Waals surface area contributed by atoms with Gasteiger partial charge in [-0.1, -0.05) is 6.07 Å². The highest BCUT2D eigenvalue weighted by molar-refractivity contribution is 5.75. The fraction of sp³-hybridized carbons (Fsp3) is 0.381. The average molecular weight is 441 g/mol. The number of imidazole rings is 1. The third-order valence-electron chi connectivity index (χ3n) is 5.21. The standard InChI is InChI=1S/C21H20F5N3O2/c1-29-9-7-12(8-10-29)30-19(20-27-17-4-2-3-16(23)18(17)28-20)14-11-13(5-6-15(14)22)31-21(24,25)26/h2-6,11-12,19H,7-10H2,1H3,(H,27,28). The predicted octanol–water partition coefficient (Wildman–Crippen LogP) is 4.94. The number of aromatic nitrogens is 2. The summed E-state index contributed by atoms with van der Waals surface area (Å²) in [6.07, 6.45) is -5.06. The van der Waals surface area contributed by atoms with Crippen molar-refractivity contribution < 1.29 is 31.4 Å². The van der Waals surface area contributed by atoms with Gasteiger partial charge in [-0.3, -0.25) is 0 Å². The molecule has 31 heavy (non-hydrogen) atoms. The van der Waals surface area contributed by atoms with Crippen molar-refractivity contribution in [3.8, 4) is 5.75 Å². The van der Waals surface area contributed by atoms with Crippen molar-refractivity contribution in [2.24, 2.45) is 0 Å². The molecule has 1 atom stereocenters. The van der Waals surface area contributed by atoms with Crippen LogP contribution in [0.3, 0.4) is 0 Å². The first-order chi connectivity index (χ1) is 14.7. The first-order valence-corrected chi connectivity index (χ1v) is 9.73. The van der Waals surface area contributed by atoms with Gasteiger partial charge in [0, 0.05) is 18.7 Å². The number of nitrogens with one attached hydrogen (secondary N) is 1. The molecule has 0 bridgehead atoms. The smallest absolute Gasteiger partial charge is 0.406 e. The van der Waals surface area contributed by atoms with Gasteiger partial charge < -0.3 is 19.4 Å². The molecule has 0 aliphatic carbocycles. The van der Waals surface area contributed by atoms with E-state index < -0.39 is 29.9 Å². The maximum Gasteiger partial charge on any atom is 0.573 e. The lowest BCUT2D eigenvalue weighted by Gasteiger charge is -2.31. The summed E-state index contributed by atoms with van der Waals surface area (Å²) in [5.74, 6) is -1.82. The summed E-state index contributed by atoms with van der Waals surface area (Å²) in [7, 11) is 1.97. The van der Waals surface area contributed by atoms with Crippen molar-refractivity contribution in [3.05, 3.63) is 59.4 Å². The van der Waals surface area contributed by atoms with Crippen molar-refractivity contribution >= 4 is 11.0 Å². The minimum Gasteiger partial charge on any atom is -0.406 e. The molecule has 10 heteroatoms. The lowest BCUT2D eigenvalue weighted by atomic mass is 10.0. The van der Waals surface area contributed by atoms with Gasteiger partial charge in [0.15, 0.2) is 0 Å². The lowest BCUT2D eigenvalue weighted by Crippen LogP contribution is -2.35. The summed E-state index contributed by atoms with van der Waals surface area (Å²) >= 11 is 0. The van der Waals surface area contributed by atoms with E-state index in [-0.39, 0.29) is 23.0 Å². The van der Waals surface area contributed by atoms with Crippen LogP contribution in [-0.2, 0) is 4.74 Å². The largest absolute Gasteiger partial charge is 0.573 e. The molecule has 4 rings (SSSR count). The fourth-order valence-corrected chi connectivity index (χ4v) is 3.66. The van der Waals surface area contributed by atoms with Gasteiger partial charge in [-0.05, 0) is 50.2 Å². The van der Waals surface area contributed by atoms with Gasteiger partial charge in [0.1, 0.15) is 34.8 Å². The summed E-state index contributed by atoms with van der Waals surface area (Å²) in [5.41, 5.74) is 0.229. The number of ether oxygens (including phenoxy) is 2. The van der Waals surface area contributed by atoms with Gasteiger partial charge in [0.05, 0.1) is 11.6 Å². The second kappa shape index (κ2) is 8.43. The molecular formula is C21H20F5N3O2. The highest BCUT2D eigenvalue weighted by Gasteiger charge is 2.33. The first kappa shape index (κ1) is 21.5. The van der Waals surface area contributed by atoms with Crippen LogP contribution < -0.4 is 4.74 Å². The Morgan fingerprint density at radius 3 is 2.52 bits per heavy atom. The molecule has 0 spiro atoms. The molecule has 1 N–H and O–H groups in total. The minimum atomic E-state index is -4.93. The topological polar surface area (TPSA) is 50.4 Å². The highest BCUT2D eigenvalue weighted by Crippen LogP contribution is 2.34. The van der Waals surface area contributed by atoms with Gasteiger partial charge in [-0.15, -0.1) is 13.2 Å². The predicted molar refractivity (Wildman–Crippen MR) is 103 cm³/mol. The van der Waals surface area contributed by atoms with E-state index in [0.717, 1.165) is 31.3 Å². The number of likely N-dealkylation sites (tertiary alicyclic amines) is 1. The van der Waals surface area contributed by atoms with Gasteiger partial charge >= 0.3 is 6.36 Å². The number of piperidine rings is 1. The molecule has 1 aliphatic heterocycles. The SMILES string of the molecule is CN1CCC(OC(c2nc3cccc(F)c3[nH]2)c2cc(OC(F)(F)F)ccc2F)CC1. The molecule has 3 aromatic rings. The van der Waals surface area contributed by atoms with Crippen LogP contribution in [0.2, 0.25) is 0 Å². The molecular weight excluding hydrogens is 421 g/mol. The van der Waals surface area contributed by atoms with Gasteiger partial charge in [0.25, 0.3) is 0 Å². The number of halogens is 5. The molecule has 1 saturated heterocycles. The summed E-state index contributed by atoms with van der Waals surface area (Å²) in [5, 5.41) is 0. The van der Waals surface area contributed by atoms with Crippen LogP contribution >= 0.6 is 0 Å². The third kappa shape index (κ3) is 4.96. The van der Waals surface area contributed by atoms with E-state index in [9.17, 15) is 22.0 Å². The Kier molecular flexibility index (Phi) is 5.85. The van der Waals surface area contributed by atoms with E-state index in [4.69, 9.17) is 4.74 Å². The number of hydrogen-bond donors (Lipinski definition) is 1. The number of nitrogens with zero attached hydrogens (tertiary/aromatic N) is 2. The summed E-state index contributed by atoms with van der Waals surface area (Å²) in [6, 6.07) is 7.00. The van der Waals surface area contributed by atoms with Crippen LogP contribution in [0.4, 0.5) is 22.0 Å². The molecule has 1 aromatic heterocycles. The molecule has 1 aliphatic rings. The van der Waals surface area contributed by atoms with Crippen molar-refractivity contribution in [2.45, 2.75) is 31.4 Å². The maximum atomic E-state index is 14.7. The monoisotopic (exact) mass is 441 g/mol. The van der Waals surface area contributed by atoms with E-state index in [1.165, 1.54) is 12.1 Å². The van der Waals surface area contributed by atoms with E-state index in [2.05, 4.69) is 19.6 Å². The van der Waals surface area contributed by atoms with Crippen molar-refractivity contribution in [1.82, 2.24) is 14.9 Å². The number of rotatable bonds is 5. The highest BCUT2D eigenvalue weighted by atomic mass is 19.4. The Balaban J connectivity index is 1.74. The fourth-order valence-electron chi connectivity index (χ4n) is 3.66. The Bertz CT molecular complexity index is 1060. The molecule has 0 saturated carbocycles. The van der Waals surface area contributed by atoms with Crippen LogP contribution in [-0.4, -0.2) is 47.5 Å². The van der Waals surface area contributed by atoms with Crippen LogP contribution in [0.1, 0.15) is 30.3 Å². The molecule has 0 amide bonds. The van der Waals surface area contributed by atoms with Crippen LogP contribution in [0.15, 0.2) is 36.4 Å². The zero-order valence-electron chi connectivity index (χ0n) is 16.5. The van der Waals surface area contributed by atoms with Crippen molar-refractivity contribution in [1.29, 1.82) is 0 Å². The normalized spacial score (nSPS) is 17.2. The van der Waals surface area contributed by atoms with Crippen LogP contribution in [0.5, 0.6) is 5.75 Å². The molecule has 5 nitrogen and oxygen atoms in total. The van der Waals surface area contributed by atoms with Gasteiger partial charge in [-0.2, -0.15) is 0 Å². The number of hydrogen-bond acceptors (Lipinski definition) is 4. The quantitative estimate of drug-likeness (QED) is 0.570. The number of benzene rings is 2. The van der Waals surface area contributed by atoms with Gasteiger partial charge in [0.2, 0.25) is 0 Å². The van der Waals surface area contributed by atoms with E-state index in [1.54, 1.807) is 6.07 Å². The number of aromatic amines is 1. The van der Waals surface area contributed by atoms with Crippen LogP contribution in [0.25, 0.3) is 11.0 Å². The van der Waals surface area contributed by atoms with E-state index >= 15 is 0 Å². The minimum absolute atomic E-state index is 0.0992. The third-order valence-corrected chi connectivity index (χ3v) is 5.21. The number of fused-ring (bicyclic) bond motifs is 1. The zero-order chi connectivity index (χ0) is 22.2. The molecule has 166 valence electrons. The van der Waals surface area contributed by atoms with Gasteiger partial charge in [-0.25, -0.2) is 13.8 Å². The molecule has 2 heterocycles. The average Bonchev–Trinajstić information content (AvgIpc) is 3.14. The van der Waals surface area contributed by atoms with Crippen LogP contribution in [0, 0.1) is 11.6 Å².